The molecule has 0 amide bonds. The number of carboxylic acid groups (broad SMARTS) is 1. The Hall–Kier alpha value is -1.09. The van der Waals surface area contributed by atoms with Gasteiger partial charge in [-0.25, -0.2) is 4.79 Å². The Morgan fingerprint density at radius 2 is 2.38 bits per heavy atom. The molecule has 2 nitrogen and oxygen atoms in total. The van der Waals surface area contributed by atoms with Gasteiger partial charge < -0.3 is 5.11 Å². The molecule has 0 atom stereocenters. The summed E-state index contributed by atoms with van der Waals surface area (Å²) in [6.45, 7) is 2.11. The van der Waals surface area contributed by atoms with E-state index in [1.165, 1.54) is 11.6 Å². The predicted octanol–water partition coefficient (Wildman–Crippen LogP) is 2.80. The third-order valence-corrected chi connectivity index (χ3v) is 2.51. The number of hydrogen-bond donors (Lipinski definition) is 1. The van der Waals surface area contributed by atoms with Gasteiger partial charge in [-0.05, 0) is 34.4 Å². The summed E-state index contributed by atoms with van der Waals surface area (Å²) in [4.78, 5) is 10.3. The van der Waals surface area contributed by atoms with E-state index in [0.29, 0.717) is 0 Å². The molecule has 0 aliphatic rings. The third kappa shape index (κ3) is 3.03. The molecule has 0 aromatic carbocycles. The van der Waals surface area contributed by atoms with Crippen molar-refractivity contribution < 1.29 is 9.90 Å². The second-order valence-corrected chi connectivity index (χ2v) is 3.52. The van der Waals surface area contributed by atoms with Gasteiger partial charge in [-0.2, -0.15) is 11.3 Å². The SMILES string of the molecule is CCCc1cscc1/C=C/C(=O)O. The number of thiophene rings is 1. The zero-order valence-electron chi connectivity index (χ0n) is 7.49. The van der Waals surface area contributed by atoms with Gasteiger partial charge in [0.15, 0.2) is 0 Å². The molecule has 0 aliphatic heterocycles. The molecule has 13 heavy (non-hydrogen) atoms. The molecule has 1 N–H and O–H groups in total. The van der Waals surface area contributed by atoms with Gasteiger partial charge in [0.1, 0.15) is 0 Å². The van der Waals surface area contributed by atoms with Crippen LogP contribution >= 0.6 is 11.3 Å². The van der Waals surface area contributed by atoms with Crippen molar-refractivity contribution in [3.8, 4) is 0 Å². The highest BCUT2D eigenvalue weighted by Gasteiger charge is 1.99. The first-order valence-corrected chi connectivity index (χ1v) is 5.14. The molecule has 70 valence electrons. The summed E-state index contributed by atoms with van der Waals surface area (Å²) >= 11 is 1.61. The molecule has 0 saturated carbocycles. The standard InChI is InChI=1S/C10H12O2S/c1-2-3-8-6-13-7-9(8)4-5-10(11)12/h4-7H,2-3H2,1H3,(H,11,12)/b5-4+. The average Bonchev–Trinajstić information content (AvgIpc) is 2.49. The molecule has 0 fully saturated rings. The first-order valence-electron chi connectivity index (χ1n) is 4.20. The lowest BCUT2D eigenvalue weighted by molar-refractivity contribution is -0.131. The first-order chi connectivity index (χ1) is 6.24. The maximum atomic E-state index is 10.3. The predicted molar refractivity (Wildman–Crippen MR) is 55.0 cm³/mol. The summed E-state index contributed by atoms with van der Waals surface area (Å²) in [6, 6.07) is 0. The molecule has 1 heterocycles. The molecule has 0 unspecified atom stereocenters. The van der Waals surface area contributed by atoms with Crippen LogP contribution in [0.3, 0.4) is 0 Å². The van der Waals surface area contributed by atoms with E-state index in [1.807, 2.05) is 5.38 Å². The molecule has 0 saturated heterocycles. The van der Waals surface area contributed by atoms with E-state index in [1.54, 1.807) is 17.4 Å². The highest BCUT2D eigenvalue weighted by molar-refractivity contribution is 7.08. The molecule has 0 bridgehead atoms. The number of hydrogen-bond acceptors (Lipinski definition) is 2. The zero-order chi connectivity index (χ0) is 9.68. The third-order valence-electron chi connectivity index (χ3n) is 1.70. The summed E-state index contributed by atoms with van der Waals surface area (Å²) in [5.74, 6) is -0.895. The molecule has 3 heteroatoms. The molecule has 1 aromatic rings. The minimum atomic E-state index is -0.895. The van der Waals surface area contributed by atoms with Crippen LogP contribution in [0.5, 0.6) is 0 Å². The van der Waals surface area contributed by atoms with Crippen molar-refractivity contribution in [2.45, 2.75) is 19.8 Å². The molecule has 1 rings (SSSR count). The highest BCUT2D eigenvalue weighted by Crippen LogP contribution is 2.18. The van der Waals surface area contributed by atoms with Crippen molar-refractivity contribution in [3.63, 3.8) is 0 Å². The second-order valence-electron chi connectivity index (χ2n) is 2.77. The highest BCUT2D eigenvalue weighted by atomic mass is 32.1. The van der Waals surface area contributed by atoms with Gasteiger partial charge in [0.2, 0.25) is 0 Å². The van der Waals surface area contributed by atoms with E-state index in [-0.39, 0.29) is 0 Å². The fourth-order valence-corrected chi connectivity index (χ4v) is 1.98. The van der Waals surface area contributed by atoms with Gasteiger partial charge in [0.25, 0.3) is 0 Å². The van der Waals surface area contributed by atoms with Gasteiger partial charge in [-0.3, -0.25) is 0 Å². The normalized spacial score (nSPS) is 10.8. The quantitative estimate of drug-likeness (QED) is 0.752. The number of aryl methyl sites for hydroxylation is 1. The molecule has 0 aliphatic carbocycles. The number of carbonyl (C=O) groups is 1. The maximum absolute atomic E-state index is 10.3. The number of rotatable bonds is 4. The summed E-state index contributed by atoms with van der Waals surface area (Å²) in [7, 11) is 0. The fourth-order valence-electron chi connectivity index (χ4n) is 1.11. The second kappa shape index (κ2) is 4.82. The van der Waals surface area contributed by atoms with Crippen molar-refractivity contribution in [2.75, 3.05) is 0 Å². The maximum Gasteiger partial charge on any atom is 0.328 e. The lowest BCUT2D eigenvalue weighted by Crippen LogP contribution is -1.87. The van der Waals surface area contributed by atoms with Gasteiger partial charge in [0, 0.05) is 6.08 Å². The lowest BCUT2D eigenvalue weighted by atomic mass is 10.1. The Bertz CT molecular complexity index is 312. The number of aliphatic carboxylic acids is 1. The van der Waals surface area contributed by atoms with E-state index in [9.17, 15) is 4.79 Å². The summed E-state index contributed by atoms with van der Waals surface area (Å²) in [5.41, 5.74) is 2.28. The van der Waals surface area contributed by atoms with Crippen LogP contribution in [0.25, 0.3) is 6.08 Å². The minimum absolute atomic E-state index is 0.895. The van der Waals surface area contributed by atoms with Crippen LogP contribution in [0.4, 0.5) is 0 Å². The molecular formula is C10H12O2S. The Morgan fingerprint density at radius 3 is 3.00 bits per heavy atom. The summed E-state index contributed by atoms with van der Waals surface area (Å²) < 4.78 is 0. The smallest absolute Gasteiger partial charge is 0.328 e. The molecule has 0 spiro atoms. The van der Waals surface area contributed by atoms with Crippen LogP contribution in [0, 0.1) is 0 Å². The average molecular weight is 196 g/mol. The van der Waals surface area contributed by atoms with E-state index in [0.717, 1.165) is 18.4 Å². The molecular weight excluding hydrogens is 184 g/mol. The largest absolute Gasteiger partial charge is 0.478 e. The topological polar surface area (TPSA) is 37.3 Å². The fraction of sp³-hybridized carbons (Fsp3) is 0.300. The van der Waals surface area contributed by atoms with E-state index in [2.05, 4.69) is 12.3 Å². The Labute approximate surface area is 81.5 Å². The van der Waals surface area contributed by atoms with Crippen LogP contribution in [0.15, 0.2) is 16.8 Å². The zero-order valence-corrected chi connectivity index (χ0v) is 8.30. The Kier molecular flexibility index (Phi) is 3.71. The lowest BCUT2D eigenvalue weighted by Gasteiger charge is -1.94. The van der Waals surface area contributed by atoms with Crippen molar-refractivity contribution >= 4 is 23.4 Å². The molecule has 0 radical (unpaired) electrons. The Morgan fingerprint density at radius 1 is 1.62 bits per heavy atom. The van der Waals surface area contributed by atoms with Crippen molar-refractivity contribution in [2.24, 2.45) is 0 Å². The minimum Gasteiger partial charge on any atom is -0.478 e. The van der Waals surface area contributed by atoms with E-state index in [4.69, 9.17) is 5.11 Å². The monoisotopic (exact) mass is 196 g/mol. The summed E-state index contributed by atoms with van der Waals surface area (Å²) in [5, 5.41) is 12.5. The van der Waals surface area contributed by atoms with Gasteiger partial charge in [-0.1, -0.05) is 13.3 Å². The molecule has 1 aromatic heterocycles. The van der Waals surface area contributed by atoms with Crippen LogP contribution in [-0.4, -0.2) is 11.1 Å². The van der Waals surface area contributed by atoms with Crippen molar-refractivity contribution in [1.82, 2.24) is 0 Å². The summed E-state index contributed by atoms with van der Waals surface area (Å²) in [6.07, 6.45) is 4.94. The van der Waals surface area contributed by atoms with Gasteiger partial charge in [0.05, 0.1) is 0 Å². The van der Waals surface area contributed by atoms with Crippen molar-refractivity contribution in [3.05, 3.63) is 28.0 Å². The van der Waals surface area contributed by atoms with Gasteiger partial charge in [-0.15, -0.1) is 0 Å². The van der Waals surface area contributed by atoms with Crippen LogP contribution in [0.2, 0.25) is 0 Å². The number of carboxylic acids is 1. The van der Waals surface area contributed by atoms with Gasteiger partial charge >= 0.3 is 5.97 Å². The Balaban J connectivity index is 2.75. The van der Waals surface area contributed by atoms with Crippen LogP contribution < -0.4 is 0 Å². The van der Waals surface area contributed by atoms with Crippen molar-refractivity contribution in [1.29, 1.82) is 0 Å². The van der Waals surface area contributed by atoms with E-state index < -0.39 is 5.97 Å². The first kappa shape index (κ1) is 9.99. The van der Waals surface area contributed by atoms with E-state index >= 15 is 0 Å². The van der Waals surface area contributed by atoms with Crippen LogP contribution in [0.1, 0.15) is 24.5 Å². The van der Waals surface area contributed by atoms with Crippen LogP contribution in [-0.2, 0) is 11.2 Å².